The lowest BCUT2D eigenvalue weighted by Crippen LogP contribution is -2.49. The van der Waals surface area contributed by atoms with Crippen LogP contribution in [0.5, 0.6) is 0 Å². The van der Waals surface area contributed by atoms with Crippen molar-refractivity contribution in [2.75, 3.05) is 18.6 Å². The van der Waals surface area contributed by atoms with Gasteiger partial charge >= 0.3 is 0 Å². The Hall–Kier alpha value is 0.230. The molecule has 2 aliphatic rings. The van der Waals surface area contributed by atoms with Gasteiger partial charge in [0.2, 0.25) is 0 Å². The molecule has 0 saturated carbocycles. The zero-order chi connectivity index (χ0) is 10.9. The maximum Gasteiger partial charge on any atom is 0.0673 e. The molecule has 0 aromatic carbocycles. The number of rotatable bonds is 5. The first-order chi connectivity index (χ1) is 7.23. The van der Waals surface area contributed by atoms with E-state index in [9.17, 15) is 5.11 Å². The highest BCUT2D eigenvalue weighted by Gasteiger charge is 2.54. The quantitative estimate of drug-likeness (QED) is 0.741. The molecule has 0 spiro atoms. The summed E-state index contributed by atoms with van der Waals surface area (Å²) in [4.78, 5) is 0. The molecule has 4 atom stereocenters. The third-order valence-corrected chi connectivity index (χ3v) is 4.64. The lowest BCUT2D eigenvalue weighted by Gasteiger charge is -2.38. The van der Waals surface area contributed by atoms with Crippen molar-refractivity contribution in [1.82, 2.24) is 0 Å². The zero-order valence-electron chi connectivity index (χ0n) is 9.32. The maximum absolute atomic E-state index is 10.3. The van der Waals surface area contributed by atoms with Crippen molar-refractivity contribution in [3.05, 3.63) is 0 Å². The van der Waals surface area contributed by atoms with Crippen LogP contribution in [0.25, 0.3) is 0 Å². The Balaban J connectivity index is 2.02. The van der Waals surface area contributed by atoms with Crippen molar-refractivity contribution in [3.8, 4) is 0 Å². The van der Waals surface area contributed by atoms with Gasteiger partial charge in [-0.1, -0.05) is 0 Å². The molecule has 2 heterocycles. The van der Waals surface area contributed by atoms with E-state index in [0.717, 1.165) is 31.4 Å². The van der Waals surface area contributed by atoms with Crippen LogP contribution in [0, 0.1) is 5.41 Å². The predicted molar refractivity (Wildman–Crippen MR) is 63.0 cm³/mol. The van der Waals surface area contributed by atoms with E-state index in [1.165, 1.54) is 0 Å². The van der Waals surface area contributed by atoms with Gasteiger partial charge in [0.25, 0.3) is 0 Å². The van der Waals surface area contributed by atoms with E-state index in [4.69, 9.17) is 10.5 Å². The molecule has 0 amide bonds. The standard InChI is InChI=1S/C11H21NO2S/c1-15-5-4-9(13)11(7-12)6-8-2-3-10(11)14-8/h8-10,13H,2-7,12H2,1H3. The fraction of sp³-hybridized carbons (Fsp3) is 1.00. The SMILES string of the molecule is CSCCC(O)C1(CN)CC2CCC1O2. The summed E-state index contributed by atoms with van der Waals surface area (Å²) in [6, 6.07) is 0. The molecule has 0 aromatic heterocycles. The minimum absolute atomic E-state index is 0.140. The summed E-state index contributed by atoms with van der Waals surface area (Å²) in [5, 5.41) is 10.3. The van der Waals surface area contributed by atoms with Crippen LogP contribution in [-0.4, -0.2) is 42.0 Å². The topological polar surface area (TPSA) is 55.5 Å². The fourth-order valence-corrected chi connectivity index (χ4v) is 3.51. The number of thioether (sulfide) groups is 1. The van der Waals surface area contributed by atoms with Crippen molar-refractivity contribution < 1.29 is 9.84 Å². The lowest BCUT2D eigenvalue weighted by atomic mass is 9.69. The zero-order valence-corrected chi connectivity index (χ0v) is 10.1. The van der Waals surface area contributed by atoms with Gasteiger partial charge < -0.3 is 15.6 Å². The number of ether oxygens (including phenoxy) is 1. The normalized spacial score (nSPS) is 41.0. The van der Waals surface area contributed by atoms with Crippen LogP contribution < -0.4 is 5.73 Å². The number of nitrogens with two attached hydrogens (primary N) is 1. The van der Waals surface area contributed by atoms with Crippen LogP contribution in [0.4, 0.5) is 0 Å². The lowest BCUT2D eigenvalue weighted by molar-refractivity contribution is -0.0254. The fourth-order valence-electron chi connectivity index (χ4n) is 3.05. The van der Waals surface area contributed by atoms with Gasteiger partial charge in [-0.25, -0.2) is 0 Å². The molecule has 0 aromatic rings. The Morgan fingerprint density at radius 3 is 2.87 bits per heavy atom. The molecule has 2 saturated heterocycles. The highest BCUT2D eigenvalue weighted by Crippen LogP contribution is 2.49. The van der Waals surface area contributed by atoms with Gasteiger partial charge in [0, 0.05) is 12.0 Å². The average molecular weight is 231 g/mol. The van der Waals surface area contributed by atoms with Crippen molar-refractivity contribution in [1.29, 1.82) is 0 Å². The third kappa shape index (κ3) is 1.93. The van der Waals surface area contributed by atoms with Crippen molar-refractivity contribution in [2.24, 2.45) is 11.1 Å². The van der Waals surface area contributed by atoms with Crippen LogP contribution in [0.3, 0.4) is 0 Å². The van der Waals surface area contributed by atoms with Crippen LogP contribution in [0.2, 0.25) is 0 Å². The molecule has 4 unspecified atom stereocenters. The van der Waals surface area contributed by atoms with Gasteiger partial charge in [-0.3, -0.25) is 0 Å². The molecule has 15 heavy (non-hydrogen) atoms. The third-order valence-electron chi connectivity index (χ3n) is 4.00. The summed E-state index contributed by atoms with van der Waals surface area (Å²) in [7, 11) is 0. The molecule has 2 rings (SSSR count). The number of aliphatic hydroxyl groups excluding tert-OH is 1. The van der Waals surface area contributed by atoms with E-state index >= 15 is 0 Å². The second kappa shape index (κ2) is 4.62. The Morgan fingerprint density at radius 2 is 2.40 bits per heavy atom. The molecule has 2 aliphatic heterocycles. The van der Waals surface area contributed by atoms with Gasteiger partial charge in [0.05, 0.1) is 18.3 Å². The molecule has 2 fully saturated rings. The van der Waals surface area contributed by atoms with E-state index < -0.39 is 0 Å². The van der Waals surface area contributed by atoms with E-state index in [2.05, 4.69) is 6.26 Å². The van der Waals surface area contributed by atoms with Gasteiger partial charge in [-0.05, 0) is 37.7 Å². The average Bonchev–Trinajstić information content (AvgIpc) is 2.85. The van der Waals surface area contributed by atoms with Gasteiger partial charge in [-0.2, -0.15) is 11.8 Å². The minimum atomic E-state index is -0.287. The summed E-state index contributed by atoms with van der Waals surface area (Å²) >= 11 is 1.78. The Morgan fingerprint density at radius 1 is 1.60 bits per heavy atom. The summed E-state index contributed by atoms with van der Waals surface area (Å²) in [6.07, 6.45) is 6.39. The molecule has 4 heteroatoms. The van der Waals surface area contributed by atoms with Gasteiger partial charge in [-0.15, -0.1) is 0 Å². The van der Waals surface area contributed by atoms with Gasteiger partial charge in [0.1, 0.15) is 0 Å². The predicted octanol–water partition coefficient (Wildman–Crippen LogP) is 0.997. The van der Waals surface area contributed by atoms with E-state index in [0.29, 0.717) is 12.6 Å². The minimum Gasteiger partial charge on any atom is -0.392 e. The second-order valence-electron chi connectivity index (χ2n) is 4.76. The van der Waals surface area contributed by atoms with Crippen molar-refractivity contribution in [2.45, 2.75) is 44.0 Å². The molecule has 3 nitrogen and oxygen atoms in total. The second-order valence-corrected chi connectivity index (χ2v) is 5.75. The highest BCUT2D eigenvalue weighted by atomic mass is 32.2. The molecular formula is C11H21NO2S. The summed E-state index contributed by atoms with van der Waals surface area (Å²) in [6.45, 7) is 0.559. The maximum atomic E-state index is 10.3. The van der Waals surface area contributed by atoms with Gasteiger partial charge in [0.15, 0.2) is 0 Å². The summed E-state index contributed by atoms with van der Waals surface area (Å²) in [5.74, 6) is 1.00. The van der Waals surface area contributed by atoms with Crippen LogP contribution in [0.15, 0.2) is 0 Å². The largest absolute Gasteiger partial charge is 0.392 e. The molecular weight excluding hydrogens is 210 g/mol. The van der Waals surface area contributed by atoms with E-state index in [-0.39, 0.29) is 17.6 Å². The molecule has 0 radical (unpaired) electrons. The number of hydrogen-bond donors (Lipinski definition) is 2. The van der Waals surface area contributed by atoms with Crippen LogP contribution >= 0.6 is 11.8 Å². The first kappa shape index (κ1) is 11.7. The van der Waals surface area contributed by atoms with E-state index in [1.54, 1.807) is 11.8 Å². The first-order valence-electron chi connectivity index (χ1n) is 5.75. The van der Waals surface area contributed by atoms with Crippen LogP contribution in [0.1, 0.15) is 25.7 Å². The Bertz CT molecular complexity index is 227. The first-order valence-corrected chi connectivity index (χ1v) is 7.15. The highest BCUT2D eigenvalue weighted by molar-refractivity contribution is 7.98. The molecule has 3 N–H and O–H groups in total. The van der Waals surface area contributed by atoms with Crippen molar-refractivity contribution >= 4 is 11.8 Å². The molecule has 88 valence electrons. The number of fused-ring (bicyclic) bond motifs is 2. The van der Waals surface area contributed by atoms with E-state index in [1.807, 2.05) is 0 Å². The number of aliphatic hydroxyl groups is 1. The Kier molecular flexibility index (Phi) is 3.60. The smallest absolute Gasteiger partial charge is 0.0673 e. The number of hydrogen-bond acceptors (Lipinski definition) is 4. The summed E-state index contributed by atoms with van der Waals surface area (Å²) < 4.78 is 5.83. The molecule has 2 bridgehead atoms. The summed E-state index contributed by atoms with van der Waals surface area (Å²) in [5.41, 5.74) is 5.74. The Labute approximate surface area is 95.7 Å². The monoisotopic (exact) mass is 231 g/mol. The molecule has 0 aliphatic carbocycles. The van der Waals surface area contributed by atoms with Crippen molar-refractivity contribution in [3.63, 3.8) is 0 Å². The van der Waals surface area contributed by atoms with Crippen LogP contribution in [-0.2, 0) is 4.74 Å².